The molecule has 2 N–H and O–H groups in total. The average Bonchev–Trinajstić information content (AvgIpc) is 2.69. The van der Waals surface area contributed by atoms with Crippen LogP contribution in [-0.4, -0.2) is 32.9 Å². The highest BCUT2D eigenvalue weighted by molar-refractivity contribution is 7.99. The van der Waals surface area contributed by atoms with Gasteiger partial charge in [-0.3, -0.25) is 14.2 Å². The lowest BCUT2D eigenvalue weighted by atomic mass is 10.2. The zero-order valence-electron chi connectivity index (χ0n) is 14.7. The van der Waals surface area contributed by atoms with Crippen LogP contribution in [0.15, 0.2) is 52.4 Å². The van der Waals surface area contributed by atoms with Crippen molar-refractivity contribution in [3.8, 4) is 0 Å². The molecule has 9 heteroatoms. The van der Waals surface area contributed by atoms with E-state index in [4.69, 9.17) is 16.7 Å². The first-order valence-corrected chi connectivity index (χ1v) is 9.84. The fourth-order valence-electron chi connectivity index (χ4n) is 2.59. The number of hydrogen-bond acceptors (Lipinski definition) is 5. The average molecular weight is 422 g/mol. The quantitative estimate of drug-likeness (QED) is 0.451. The van der Waals surface area contributed by atoms with E-state index in [2.05, 4.69) is 10.3 Å². The number of nitrogens with zero attached hydrogens (tertiary/aromatic N) is 2. The van der Waals surface area contributed by atoms with Gasteiger partial charge in [-0.2, -0.15) is 0 Å². The lowest BCUT2D eigenvalue weighted by Gasteiger charge is -2.13. The standard InChI is InChI=1S/C19H17ClFN3O3S/c20-12-6-7-14(21)16(10-12)22-17(26)11-28-19-23-15-5-2-1-4-13(15)18(27)24(19)8-3-9-25/h1-2,4-7,10,25H,3,8-9,11H2,(H,22,26). The zero-order valence-corrected chi connectivity index (χ0v) is 16.3. The molecule has 0 spiro atoms. The van der Waals surface area contributed by atoms with E-state index in [1.54, 1.807) is 24.3 Å². The Bertz CT molecular complexity index is 1070. The van der Waals surface area contributed by atoms with Gasteiger partial charge in [0, 0.05) is 18.2 Å². The second kappa shape index (κ2) is 9.18. The molecule has 3 aromatic rings. The summed E-state index contributed by atoms with van der Waals surface area (Å²) in [6.45, 7) is 0.206. The molecule has 0 unspecified atom stereocenters. The highest BCUT2D eigenvalue weighted by Gasteiger charge is 2.14. The zero-order chi connectivity index (χ0) is 20.1. The Kier molecular flexibility index (Phi) is 6.66. The first-order chi connectivity index (χ1) is 13.5. The van der Waals surface area contributed by atoms with Gasteiger partial charge in [-0.15, -0.1) is 0 Å². The first kappa shape index (κ1) is 20.3. The van der Waals surface area contributed by atoms with E-state index in [0.717, 1.165) is 11.8 Å². The van der Waals surface area contributed by atoms with Gasteiger partial charge in [0.25, 0.3) is 5.56 Å². The van der Waals surface area contributed by atoms with Crippen molar-refractivity contribution in [2.45, 2.75) is 18.1 Å². The molecule has 28 heavy (non-hydrogen) atoms. The topological polar surface area (TPSA) is 84.2 Å². The van der Waals surface area contributed by atoms with E-state index in [9.17, 15) is 14.0 Å². The molecule has 6 nitrogen and oxygen atoms in total. The van der Waals surface area contributed by atoms with Gasteiger partial charge in [-0.25, -0.2) is 9.37 Å². The van der Waals surface area contributed by atoms with Crippen LogP contribution in [0, 0.1) is 5.82 Å². The van der Waals surface area contributed by atoms with E-state index in [-0.39, 0.29) is 30.2 Å². The van der Waals surface area contributed by atoms with Crippen molar-refractivity contribution in [2.24, 2.45) is 0 Å². The van der Waals surface area contributed by atoms with Gasteiger partial charge in [0.2, 0.25) is 5.91 Å². The predicted molar refractivity (Wildman–Crippen MR) is 108 cm³/mol. The molecular formula is C19H17ClFN3O3S. The highest BCUT2D eigenvalue weighted by Crippen LogP contribution is 2.21. The van der Waals surface area contributed by atoms with Crippen LogP contribution in [0.2, 0.25) is 5.02 Å². The lowest BCUT2D eigenvalue weighted by Crippen LogP contribution is -2.25. The molecule has 0 saturated carbocycles. The third-order valence-corrected chi connectivity index (χ3v) is 5.11. The monoisotopic (exact) mass is 421 g/mol. The Balaban J connectivity index is 1.81. The van der Waals surface area contributed by atoms with Crippen LogP contribution in [0.3, 0.4) is 0 Å². The fraction of sp³-hybridized carbons (Fsp3) is 0.211. The van der Waals surface area contributed by atoms with Crippen LogP contribution in [0.4, 0.5) is 10.1 Å². The molecule has 1 aromatic heterocycles. The Hall–Kier alpha value is -2.42. The summed E-state index contributed by atoms with van der Waals surface area (Å²) in [5, 5.41) is 12.7. The molecule has 1 heterocycles. The van der Waals surface area contributed by atoms with E-state index in [1.165, 1.54) is 22.8 Å². The number of para-hydroxylation sites is 1. The molecule has 0 fully saturated rings. The number of aromatic nitrogens is 2. The Morgan fingerprint density at radius 1 is 1.29 bits per heavy atom. The van der Waals surface area contributed by atoms with Gasteiger partial charge in [0.1, 0.15) is 5.82 Å². The smallest absolute Gasteiger partial charge is 0.262 e. The van der Waals surface area contributed by atoms with E-state index >= 15 is 0 Å². The van der Waals surface area contributed by atoms with Crippen LogP contribution in [0.25, 0.3) is 10.9 Å². The van der Waals surface area contributed by atoms with E-state index in [0.29, 0.717) is 27.5 Å². The maximum Gasteiger partial charge on any atom is 0.262 e. The maximum atomic E-state index is 13.8. The second-order valence-corrected chi connectivity index (χ2v) is 7.29. The summed E-state index contributed by atoms with van der Waals surface area (Å²) in [6, 6.07) is 10.8. The third-order valence-electron chi connectivity index (χ3n) is 3.90. The van der Waals surface area contributed by atoms with Crippen molar-refractivity contribution in [1.82, 2.24) is 9.55 Å². The number of aliphatic hydroxyl groups is 1. The van der Waals surface area contributed by atoms with Crippen molar-refractivity contribution in [2.75, 3.05) is 17.7 Å². The molecule has 0 saturated heterocycles. The van der Waals surface area contributed by atoms with Crippen LogP contribution in [0.5, 0.6) is 0 Å². The number of anilines is 1. The summed E-state index contributed by atoms with van der Waals surface area (Å²) in [5.41, 5.74) is 0.279. The molecule has 0 aliphatic rings. The molecule has 0 radical (unpaired) electrons. The molecule has 3 rings (SSSR count). The number of rotatable bonds is 7. The van der Waals surface area contributed by atoms with Crippen molar-refractivity contribution in [3.63, 3.8) is 0 Å². The molecule has 0 aliphatic carbocycles. The number of halogens is 2. The van der Waals surface area contributed by atoms with Crippen molar-refractivity contribution in [3.05, 3.63) is 63.7 Å². The Morgan fingerprint density at radius 3 is 2.86 bits per heavy atom. The number of benzene rings is 2. The van der Waals surface area contributed by atoms with Crippen molar-refractivity contribution in [1.29, 1.82) is 0 Å². The second-order valence-electron chi connectivity index (χ2n) is 5.91. The Morgan fingerprint density at radius 2 is 2.07 bits per heavy atom. The van der Waals surface area contributed by atoms with Crippen LogP contribution in [-0.2, 0) is 11.3 Å². The van der Waals surface area contributed by atoms with Gasteiger partial charge >= 0.3 is 0 Å². The third kappa shape index (κ3) is 4.70. The summed E-state index contributed by atoms with van der Waals surface area (Å²) in [6.07, 6.45) is 0.382. The van der Waals surface area contributed by atoms with E-state index in [1.807, 2.05) is 0 Å². The SMILES string of the molecule is O=C(CSc1nc2ccccc2c(=O)n1CCCO)Nc1cc(Cl)ccc1F. The molecule has 146 valence electrons. The van der Waals surface area contributed by atoms with Crippen molar-refractivity contribution < 1.29 is 14.3 Å². The van der Waals surface area contributed by atoms with Gasteiger partial charge in [-0.05, 0) is 36.8 Å². The first-order valence-electron chi connectivity index (χ1n) is 8.47. The number of nitrogens with one attached hydrogen (secondary N) is 1. The summed E-state index contributed by atoms with van der Waals surface area (Å²) < 4.78 is 15.2. The molecule has 1 amide bonds. The molecule has 0 bridgehead atoms. The number of carbonyl (C=O) groups excluding carboxylic acids is 1. The number of carbonyl (C=O) groups is 1. The summed E-state index contributed by atoms with van der Waals surface area (Å²) in [5.74, 6) is -1.12. The molecule has 0 atom stereocenters. The number of aliphatic hydroxyl groups excluding tert-OH is 1. The predicted octanol–water partition coefficient (Wildman–Crippen LogP) is 3.30. The number of hydrogen-bond donors (Lipinski definition) is 2. The van der Waals surface area contributed by atoms with Crippen molar-refractivity contribution >= 4 is 45.9 Å². The minimum atomic E-state index is -0.591. The van der Waals surface area contributed by atoms with Gasteiger partial charge < -0.3 is 10.4 Å². The number of fused-ring (bicyclic) bond motifs is 1. The lowest BCUT2D eigenvalue weighted by molar-refractivity contribution is -0.113. The van der Waals surface area contributed by atoms with Gasteiger partial charge in [0.05, 0.1) is 22.3 Å². The summed E-state index contributed by atoms with van der Waals surface area (Å²) >= 11 is 6.89. The summed E-state index contributed by atoms with van der Waals surface area (Å²) in [4.78, 5) is 29.4. The number of amides is 1. The minimum absolute atomic E-state index is 0.0118. The minimum Gasteiger partial charge on any atom is -0.396 e. The molecular weight excluding hydrogens is 405 g/mol. The van der Waals surface area contributed by atoms with E-state index < -0.39 is 11.7 Å². The maximum absolute atomic E-state index is 13.8. The Labute approximate surface area is 169 Å². The molecule has 2 aromatic carbocycles. The van der Waals surface area contributed by atoms with Crippen LogP contribution >= 0.6 is 23.4 Å². The van der Waals surface area contributed by atoms with Gasteiger partial charge in [-0.1, -0.05) is 35.5 Å². The normalized spacial score (nSPS) is 11.0. The van der Waals surface area contributed by atoms with Crippen LogP contribution < -0.4 is 10.9 Å². The summed E-state index contributed by atoms with van der Waals surface area (Å²) in [7, 11) is 0. The fourth-order valence-corrected chi connectivity index (χ4v) is 3.59. The number of thioether (sulfide) groups is 1. The molecule has 0 aliphatic heterocycles. The largest absolute Gasteiger partial charge is 0.396 e. The van der Waals surface area contributed by atoms with Gasteiger partial charge in [0.15, 0.2) is 5.16 Å². The highest BCUT2D eigenvalue weighted by atomic mass is 35.5. The van der Waals surface area contributed by atoms with Crippen LogP contribution in [0.1, 0.15) is 6.42 Å².